The highest BCUT2D eigenvalue weighted by atomic mass is 19.4. The summed E-state index contributed by atoms with van der Waals surface area (Å²) < 4.78 is 55.5. The maximum absolute atomic E-state index is 13.7. The topological polar surface area (TPSA) is 75.4 Å². The van der Waals surface area contributed by atoms with Gasteiger partial charge in [-0.3, -0.25) is 14.3 Å². The second kappa shape index (κ2) is 7.29. The smallest absolute Gasteiger partial charge is 0.435 e. The minimum absolute atomic E-state index is 0.0235. The summed E-state index contributed by atoms with van der Waals surface area (Å²) in [6.07, 6.45) is -3.44. The molecule has 1 amide bonds. The summed E-state index contributed by atoms with van der Waals surface area (Å²) in [6.45, 7) is 0.237. The second-order valence-corrected chi connectivity index (χ2v) is 10.1. The molecule has 4 aliphatic carbocycles. The predicted octanol–water partition coefficient (Wildman–Crippen LogP) is 3.58. The van der Waals surface area contributed by atoms with E-state index in [4.69, 9.17) is 0 Å². The summed E-state index contributed by atoms with van der Waals surface area (Å²) in [5.74, 6) is -0.705. The Labute approximate surface area is 192 Å². The van der Waals surface area contributed by atoms with E-state index in [1.54, 1.807) is 4.90 Å². The van der Waals surface area contributed by atoms with Crippen molar-refractivity contribution < 1.29 is 32.3 Å². The van der Waals surface area contributed by atoms with Gasteiger partial charge in [0.05, 0.1) is 24.7 Å². The van der Waals surface area contributed by atoms with Crippen LogP contribution in [0.5, 0.6) is 0 Å². The van der Waals surface area contributed by atoms with Crippen LogP contribution < -0.4 is 0 Å². The van der Waals surface area contributed by atoms with Crippen LogP contribution in [0.2, 0.25) is 0 Å². The maximum atomic E-state index is 13.7. The molecule has 34 heavy (non-hydrogen) atoms. The number of halogens is 4. The second-order valence-electron chi connectivity index (χ2n) is 10.1. The fourth-order valence-electron chi connectivity index (χ4n) is 7.10. The van der Waals surface area contributed by atoms with E-state index in [9.17, 15) is 32.3 Å². The largest absolute Gasteiger partial charge is 0.481 e. The average molecular weight is 477 g/mol. The monoisotopic (exact) mass is 477 g/mol. The summed E-state index contributed by atoms with van der Waals surface area (Å²) in [5.41, 5.74) is 0.127. The Hall–Kier alpha value is -2.91. The van der Waals surface area contributed by atoms with Crippen molar-refractivity contribution in [1.29, 1.82) is 0 Å². The van der Waals surface area contributed by atoms with E-state index in [1.807, 2.05) is 0 Å². The number of nitrogens with zero attached hydrogens (tertiary/aromatic N) is 3. The lowest BCUT2D eigenvalue weighted by Crippen LogP contribution is -2.38. The van der Waals surface area contributed by atoms with Crippen molar-refractivity contribution in [1.82, 2.24) is 14.7 Å². The Morgan fingerprint density at radius 2 is 1.85 bits per heavy atom. The number of rotatable bonds is 5. The Kier molecular flexibility index (Phi) is 4.64. The van der Waals surface area contributed by atoms with Crippen molar-refractivity contribution in [3.63, 3.8) is 0 Å². The number of carbonyl (C=O) groups is 2. The van der Waals surface area contributed by atoms with Crippen LogP contribution in [0.25, 0.3) is 0 Å². The molecule has 6 atom stereocenters. The lowest BCUT2D eigenvalue weighted by Gasteiger charge is -2.30. The van der Waals surface area contributed by atoms with Crippen molar-refractivity contribution in [3.8, 4) is 0 Å². The standard InChI is InChI=1S/C24H23F4N3O3/c25-12-3-1-11(2-4-12)9-31-17-10-30(6-5-13(17)22(29-31)24(26,27)28)18(32)8-15-14-7-16-19(15)20(16)21(14)23(33)34/h1-4,14-16,19-21H,5-10H2,(H,33,34)/t14-,15?,16?,19?,20?,21?/m1/s1. The summed E-state index contributed by atoms with van der Waals surface area (Å²) in [4.78, 5) is 26.4. The van der Waals surface area contributed by atoms with E-state index in [-0.39, 0.29) is 67.6 Å². The van der Waals surface area contributed by atoms with Gasteiger partial charge in [-0.2, -0.15) is 18.3 Å². The summed E-state index contributed by atoms with van der Waals surface area (Å²) in [7, 11) is 0. The van der Waals surface area contributed by atoms with Crippen molar-refractivity contribution in [2.24, 2.45) is 35.5 Å². The molecule has 6 nitrogen and oxygen atoms in total. The van der Waals surface area contributed by atoms with Crippen LogP contribution in [-0.2, 0) is 35.3 Å². The van der Waals surface area contributed by atoms with Crippen LogP contribution in [0.1, 0.15) is 35.4 Å². The summed E-state index contributed by atoms with van der Waals surface area (Å²) >= 11 is 0. The number of carbonyl (C=O) groups excluding carboxylic acids is 1. The molecular weight excluding hydrogens is 454 g/mol. The zero-order chi connectivity index (χ0) is 23.9. The van der Waals surface area contributed by atoms with E-state index >= 15 is 0 Å². The molecule has 7 rings (SSSR count). The lowest BCUT2D eigenvalue weighted by molar-refractivity contribution is -0.144. The van der Waals surface area contributed by atoms with Gasteiger partial charge in [0.25, 0.3) is 0 Å². The van der Waals surface area contributed by atoms with Gasteiger partial charge in [-0.15, -0.1) is 0 Å². The highest BCUT2D eigenvalue weighted by Gasteiger charge is 2.75. The van der Waals surface area contributed by atoms with Crippen LogP contribution in [0.4, 0.5) is 17.6 Å². The molecule has 2 heterocycles. The molecule has 10 heteroatoms. The van der Waals surface area contributed by atoms with Gasteiger partial charge in [0.1, 0.15) is 5.82 Å². The van der Waals surface area contributed by atoms with Gasteiger partial charge in [-0.25, -0.2) is 4.39 Å². The number of amides is 1. The van der Waals surface area contributed by atoms with Gasteiger partial charge in [0.15, 0.2) is 5.69 Å². The van der Waals surface area contributed by atoms with Crippen LogP contribution in [0, 0.1) is 41.3 Å². The van der Waals surface area contributed by atoms with Gasteiger partial charge in [0, 0.05) is 18.5 Å². The number of alkyl halides is 3. The van der Waals surface area contributed by atoms with Crippen LogP contribution >= 0.6 is 0 Å². The van der Waals surface area contributed by atoms with Crippen LogP contribution in [-0.4, -0.2) is 38.2 Å². The lowest BCUT2D eigenvalue weighted by atomic mass is 9.88. The van der Waals surface area contributed by atoms with Crippen molar-refractivity contribution in [2.45, 2.75) is 38.5 Å². The SMILES string of the molecule is O=C(O)C1C2C3C[C@@H]1C(CC(=O)N1CCc4c(C(F)(F)F)nn(Cc5ccc(F)cc5)c4C1)C32. The summed E-state index contributed by atoms with van der Waals surface area (Å²) in [5, 5.41) is 13.4. The molecule has 5 aliphatic rings. The van der Waals surface area contributed by atoms with Gasteiger partial charge < -0.3 is 10.0 Å². The third-order valence-electron chi connectivity index (χ3n) is 8.46. The maximum Gasteiger partial charge on any atom is 0.435 e. The molecular formula is C24H23F4N3O3. The van der Waals surface area contributed by atoms with Crippen molar-refractivity contribution in [3.05, 3.63) is 52.6 Å². The molecule has 0 spiro atoms. The van der Waals surface area contributed by atoms with E-state index in [0.717, 1.165) is 6.42 Å². The molecule has 4 bridgehead atoms. The Bertz CT molecular complexity index is 1180. The molecule has 0 saturated heterocycles. The zero-order valence-electron chi connectivity index (χ0n) is 18.1. The highest BCUT2D eigenvalue weighted by molar-refractivity contribution is 5.78. The normalized spacial score (nSPS) is 31.0. The number of aromatic nitrogens is 2. The molecule has 1 aromatic carbocycles. The fourth-order valence-corrected chi connectivity index (χ4v) is 7.10. The molecule has 1 aliphatic heterocycles. The Balaban J connectivity index is 1.22. The predicted molar refractivity (Wildman–Crippen MR) is 110 cm³/mol. The molecule has 1 N–H and O–H groups in total. The molecule has 4 saturated carbocycles. The fraction of sp³-hybridized carbons (Fsp3) is 0.542. The van der Waals surface area contributed by atoms with Crippen molar-refractivity contribution in [2.75, 3.05) is 6.54 Å². The molecule has 0 radical (unpaired) electrons. The number of aliphatic carboxylic acids is 1. The highest BCUT2D eigenvalue weighted by Crippen LogP contribution is 2.76. The third kappa shape index (κ3) is 3.25. The first-order chi connectivity index (χ1) is 16.1. The average Bonchev–Trinajstić information content (AvgIpc) is 3.14. The number of carboxylic acid groups (broad SMARTS) is 1. The van der Waals surface area contributed by atoms with Crippen LogP contribution in [0.3, 0.4) is 0 Å². The zero-order valence-corrected chi connectivity index (χ0v) is 18.1. The van der Waals surface area contributed by atoms with Gasteiger partial charge in [-0.1, -0.05) is 12.1 Å². The van der Waals surface area contributed by atoms with E-state index < -0.39 is 23.7 Å². The minimum Gasteiger partial charge on any atom is -0.481 e. The van der Waals surface area contributed by atoms with E-state index in [1.165, 1.54) is 28.9 Å². The van der Waals surface area contributed by atoms with Gasteiger partial charge in [-0.05, 0) is 60.1 Å². The van der Waals surface area contributed by atoms with Crippen LogP contribution in [0.15, 0.2) is 24.3 Å². The number of carboxylic acids is 1. The first-order valence-corrected chi connectivity index (χ1v) is 11.5. The van der Waals surface area contributed by atoms with Gasteiger partial charge in [0.2, 0.25) is 5.91 Å². The minimum atomic E-state index is -4.61. The molecule has 5 unspecified atom stereocenters. The Morgan fingerprint density at radius 3 is 2.47 bits per heavy atom. The van der Waals surface area contributed by atoms with E-state index in [0.29, 0.717) is 23.1 Å². The number of hydrogen-bond donors (Lipinski definition) is 1. The molecule has 2 aromatic rings. The van der Waals surface area contributed by atoms with E-state index in [2.05, 4.69) is 5.10 Å². The number of hydrogen-bond acceptors (Lipinski definition) is 3. The number of fused-ring (bicyclic) bond motifs is 1. The summed E-state index contributed by atoms with van der Waals surface area (Å²) in [6, 6.07) is 5.49. The number of benzene rings is 1. The molecule has 1 aromatic heterocycles. The Morgan fingerprint density at radius 1 is 1.12 bits per heavy atom. The molecule has 180 valence electrons. The molecule has 4 fully saturated rings. The quantitative estimate of drug-likeness (QED) is 0.669. The first-order valence-electron chi connectivity index (χ1n) is 11.5. The first kappa shape index (κ1) is 21.6. The van der Waals surface area contributed by atoms with Gasteiger partial charge >= 0.3 is 12.1 Å². The third-order valence-corrected chi connectivity index (χ3v) is 8.46. The van der Waals surface area contributed by atoms with Crippen molar-refractivity contribution >= 4 is 11.9 Å².